The SMILES string of the molecule is CN1CC(COC(=O)CCc2ccc(N(CCCl)CCCl)cc2)C=C2c3cccc4[nH]cc(c34)CC21. The molecule has 190 valence electrons. The highest BCUT2D eigenvalue weighted by Crippen LogP contribution is 2.40. The molecule has 1 N–H and O–H groups in total. The van der Waals surface area contributed by atoms with E-state index in [4.69, 9.17) is 27.9 Å². The number of ether oxygens (including phenoxy) is 1. The quantitative estimate of drug-likeness (QED) is 0.280. The number of carbonyl (C=O) groups is 1. The molecule has 2 aliphatic rings. The zero-order valence-corrected chi connectivity index (χ0v) is 22.2. The Hall–Kier alpha value is -2.47. The molecule has 7 heteroatoms. The predicted octanol–water partition coefficient (Wildman–Crippen LogP) is 5.50. The average Bonchev–Trinajstić information content (AvgIpc) is 3.31. The predicted molar refractivity (Wildman–Crippen MR) is 149 cm³/mol. The van der Waals surface area contributed by atoms with Gasteiger partial charge in [-0.05, 0) is 60.4 Å². The van der Waals surface area contributed by atoms with Crippen molar-refractivity contribution >= 4 is 51.3 Å². The van der Waals surface area contributed by atoms with Crippen LogP contribution in [0.1, 0.15) is 23.1 Å². The number of alkyl halides is 2. The third kappa shape index (κ3) is 5.29. The number of H-pyrrole nitrogens is 1. The number of halogens is 2. The first-order valence-electron chi connectivity index (χ1n) is 12.7. The molecule has 0 spiro atoms. The topological polar surface area (TPSA) is 48.6 Å². The molecule has 3 aromatic rings. The van der Waals surface area contributed by atoms with Crippen LogP contribution in [0.4, 0.5) is 5.69 Å². The van der Waals surface area contributed by atoms with E-state index in [1.807, 2.05) is 0 Å². The second-order valence-corrected chi connectivity index (χ2v) is 10.6. The lowest BCUT2D eigenvalue weighted by Crippen LogP contribution is -2.43. The number of esters is 1. The molecule has 2 heterocycles. The minimum atomic E-state index is -0.146. The Balaban J connectivity index is 1.17. The number of anilines is 1. The molecule has 2 unspecified atom stereocenters. The van der Waals surface area contributed by atoms with Crippen molar-refractivity contribution in [3.8, 4) is 0 Å². The van der Waals surface area contributed by atoms with Crippen LogP contribution < -0.4 is 4.90 Å². The van der Waals surface area contributed by atoms with Gasteiger partial charge < -0.3 is 14.6 Å². The number of likely N-dealkylation sites (N-methyl/N-ethyl adjacent to an activating group) is 1. The van der Waals surface area contributed by atoms with Crippen molar-refractivity contribution in [3.05, 3.63) is 71.4 Å². The largest absolute Gasteiger partial charge is 0.465 e. The highest BCUT2D eigenvalue weighted by Gasteiger charge is 2.33. The number of fused-ring (bicyclic) bond motifs is 2. The van der Waals surface area contributed by atoms with Crippen LogP contribution in [0.5, 0.6) is 0 Å². The Morgan fingerprint density at radius 3 is 2.67 bits per heavy atom. The molecule has 0 radical (unpaired) electrons. The highest BCUT2D eigenvalue weighted by atomic mass is 35.5. The van der Waals surface area contributed by atoms with Crippen molar-refractivity contribution in [2.45, 2.75) is 25.3 Å². The van der Waals surface area contributed by atoms with Crippen molar-refractivity contribution < 1.29 is 9.53 Å². The second kappa shape index (κ2) is 11.3. The summed E-state index contributed by atoms with van der Waals surface area (Å²) in [5.41, 5.74) is 7.46. The van der Waals surface area contributed by atoms with E-state index >= 15 is 0 Å². The van der Waals surface area contributed by atoms with Gasteiger partial charge in [0.2, 0.25) is 0 Å². The zero-order chi connectivity index (χ0) is 25.1. The number of benzene rings is 2. The summed E-state index contributed by atoms with van der Waals surface area (Å²) < 4.78 is 5.73. The summed E-state index contributed by atoms with van der Waals surface area (Å²) in [4.78, 5) is 20.5. The fraction of sp³-hybridized carbons (Fsp3) is 0.414. The summed E-state index contributed by atoms with van der Waals surface area (Å²) in [6.45, 7) is 2.82. The third-order valence-corrected chi connectivity index (χ3v) is 7.77. The lowest BCUT2D eigenvalue weighted by molar-refractivity contribution is -0.144. The molecule has 0 saturated carbocycles. The first-order valence-corrected chi connectivity index (χ1v) is 13.8. The van der Waals surface area contributed by atoms with Gasteiger partial charge in [-0.25, -0.2) is 0 Å². The van der Waals surface area contributed by atoms with Crippen LogP contribution in [0.3, 0.4) is 0 Å². The highest BCUT2D eigenvalue weighted by molar-refractivity contribution is 6.18. The number of nitrogens with zero attached hydrogens (tertiary/aromatic N) is 2. The summed E-state index contributed by atoms with van der Waals surface area (Å²) in [6, 6.07) is 15.1. The van der Waals surface area contributed by atoms with E-state index in [0.717, 1.165) is 37.3 Å². The van der Waals surface area contributed by atoms with Gasteiger partial charge in [0.25, 0.3) is 0 Å². The third-order valence-electron chi connectivity index (χ3n) is 7.43. The van der Waals surface area contributed by atoms with Gasteiger partial charge in [-0.15, -0.1) is 23.2 Å². The molecule has 5 rings (SSSR count). The van der Waals surface area contributed by atoms with Gasteiger partial charge in [-0.3, -0.25) is 9.69 Å². The maximum absolute atomic E-state index is 12.6. The van der Waals surface area contributed by atoms with Gasteiger partial charge in [0.1, 0.15) is 0 Å². The standard InChI is InChI=1S/C29H33Cl2N3O2/c1-33-18-21(15-25-24-3-2-4-26-29(24)22(17-32-26)16-27(25)33)19-36-28(35)10-7-20-5-8-23(9-6-20)34(13-11-30)14-12-31/h2-6,8-9,15,17,21,27,32H,7,10-14,16,18-19H2,1H3. The first kappa shape index (κ1) is 25.2. The summed E-state index contributed by atoms with van der Waals surface area (Å²) in [7, 11) is 2.18. The lowest BCUT2D eigenvalue weighted by atomic mass is 9.80. The number of carbonyl (C=O) groups excluding carboxylic acids is 1. The number of aromatic amines is 1. The van der Waals surface area contributed by atoms with Crippen LogP contribution in [0.15, 0.2) is 54.7 Å². The van der Waals surface area contributed by atoms with Crippen LogP contribution >= 0.6 is 23.2 Å². The van der Waals surface area contributed by atoms with Crippen molar-refractivity contribution in [2.24, 2.45) is 5.92 Å². The Kier molecular flexibility index (Phi) is 7.90. The number of aryl methyl sites for hydroxylation is 1. The molecule has 0 bridgehead atoms. The fourth-order valence-electron chi connectivity index (χ4n) is 5.62. The molecule has 2 atom stereocenters. The van der Waals surface area contributed by atoms with E-state index in [1.165, 1.54) is 27.6 Å². The minimum Gasteiger partial charge on any atom is -0.465 e. The molecule has 36 heavy (non-hydrogen) atoms. The normalized spacial score (nSPS) is 19.1. The van der Waals surface area contributed by atoms with Gasteiger partial charge in [-0.1, -0.05) is 30.3 Å². The maximum Gasteiger partial charge on any atom is 0.306 e. The number of hydrogen-bond donors (Lipinski definition) is 1. The van der Waals surface area contributed by atoms with E-state index in [9.17, 15) is 4.79 Å². The molecular weight excluding hydrogens is 493 g/mol. The maximum atomic E-state index is 12.6. The van der Waals surface area contributed by atoms with E-state index < -0.39 is 0 Å². The molecule has 5 nitrogen and oxygen atoms in total. The van der Waals surface area contributed by atoms with Gasteiger partial charge in [-0.2, -0.15) is 0 Å². The smallest absolute Gasteiger partial charge is 0.306 e. The number of nitrogens with one attached hydrogen (secondary N) is 1. The Bertz CT molecular complexity index is 1230. The fourth-order valence-corrected chi connectivity index (χ4v) is 6.03. The Labute approximate surface area is 223 Å². The second-order valence-electron chi connectivity index (χ2n) is 9.80. The zero-order valence-electron chi connectivity index (χ0n) is 20.7. The Morgan fingerprint density at radius 1 is 1.14 bits per heavy atom. The van der Waals surface area contributed by atoms with Crippen LogP contribution in [0.2, 0.25) is 0 Å². The minimum absolute atomic E-state index is 0.146. The van der Waals surface area contributed by atoms with E-state index in [2.05, 4.69) is 76.6 Å². The van der Waals surface area contributed by atoms with E-state index in [-0.39, 0.29) is 11.9 Å². The van der Waals surface area contributed by atoms with Crippen LogP contribution in [-0.4, -0.2) is 66.9 Å². The van der Waals surface area contributed by atoms with Crippen molar-refractivity contribution in [1.82, 2.24) is 9.88 Å². The molecule has 2 aromatic carbocycles. The van der Waals surface area contributed by atoms with Crippen molar-refractivity contribution in [3.63, 3.8) is 0 Å². The Morgan fingerprint density at radius 2 is 1.92 bits per heavy atom. The molecular formula is C29H33Cl2N3O2. The van der Waals surface area contributed by atoms with E-state index in [1.54, 1.807) is 0 Å². The monoisotopic (exact) mass is 525 g/mol. The number of hydrogen-bond acceptors (Lipinski definition) is 4. The van der Waals surface area contributed by atoms with Crippen molar-refractivity contribution in [1.29, 1.82) is 0 Å². The van der Waals surface area contributed by atoms with Crippen LogP contribution in [0, 0.1) is 5.92 Å². The number of rotatable bonds is 10. The van der Waals surface area contributed by atoms with Gasteiger partial charge in [0, 0.05) is 72.6 Å². The summed E-state index contributed by atoms with van der Waals surface area (Å²) in [5.74, 6) is 1.16. The molecule has 1 aliphatic carbocycles. The molecule has 1 aromatic heterocycles. The first-order chi connectivity index (χ1) is 17.6. The molecule has 0 saturated heterocycles. The van der Waals surface area contributed by atoms with Gasteiger partial charge in [0.15, 0.2) is 0 Å². The summed E-state index contributed by atoms with van der Waals surface area (Å²) in [6.07, 6.45) is 6.54. The lowest BCUT2D eigenvalue weighted by Gasteiger charge is -2.39. The summed E-state index contributed by atoms with van der Waals surface area (Å²) in [5, 5.41) is 1.34. The van der Waals surface area contributed by atoms with Gasteiger partial charge in [0.05, 0.1) is 6.61 Å². The van der Waals surface area contributed by atoms with Crippen LogP contribution in [0.25, 0.3) is 16.5 Å². The molecule has 0 fully saturated rings. The van der Waals surface area contributed by atoms with Gasteiger partial charge >= 0.3 is 5.97 Å². The molecule has 0 amide bonds. The van der Waals surface area contributed by atoms with E-state index in [0.29, 0.717) is 37.3 Å². The molecule has 1 aliphatic heterocycles. The number of aromatic nitrogens is 1. The van der Waals surface area contributed by atoms with Crippen molar-refractivity contribution in [2.75, 3.05) is 49.9 Å². The average molecular weight is 527 g/mol. The summed E-state index contributed by atoms with van der Waals surface area (Å²) >= 11 is 11.8. The van der Waals surface area contributed by atoms with Crippen LogP contribution in [-0.2, 0) is 22.4 Å².